The van der Waals surface area contributed by atoms with Crippen molar-refractivity contribution in [3.05, 3.63) is 40.9 Å². The van der Waals surface area contributed by atoms with Gasteiger partial charge in [0, 0.05) is 23.3 Å². The first kappa shape index (κ1) is 16.4. The van der Waals surface area contributed by atoms with Crippen LogP contribution in [0.4, 0.5) is 18.9 Å². The van der Waals surface area contributed by atoms with Gasteiger partial charge in [-0.2, -0.15) is 13.2 Å². The molecule has 0 aliphatic heterocycles. The smallest absolute Gasteiger partial charge is 0.416 e. The molecule has 0 aliphatic rings. The maximum Gasteiger partial charge on any atom is 0.416 e. The van der Waals surface area contributed by atoms with Crippen molar-refractivity contribution in [3.63, 3.8) is 0 Å². The third-order valence-corrected chi connectivity index (χ3v) is 2.41. The fraction of sp³-hybridized carbons (Fsp3) is 0.308. The Labute approximate surface area is 119 Å². The van der Waals surface area contributed by atoms with Crippen LogP contribution < -0.4 is 5.32 Å². The quantitative estimate of drug-likeness (QED) is 0.662. The largest absolute Gasteiger partial charge is 0.463 e. The molecule has 3 nitrogen and oxygen atoms in total. The molecular weight excluding hydrogens is 295 g/mol. The highest BCUT2D eigenvalue weighted by Gasteiger charge is 2.31. The number of hydrogen-bond acceptors (Lipinski definition) is 3. The summed E-state index contributed by atoms with van der Waals surface area (Å²) in [6.45, 7) is 2.12. The van der Waals surface area contributed by atoms with Crippen molar-refractivity contribution >= 4 is 23.3 Å². The Bertz CT molecular complexity index is 501. The maximum atomic E-state index is 12.6. The zero-order valence-electron chi connectivity index (χ0n) is 10.6. The van der Waals surface area contributed by atoms with E-state index in [-0.39, 0.29) is 23.9 Å². The van der Waals surface area contributed by atoms with Crippen molar-refractivity contribution in [2.75, 3.05) is 18.5 Å². The van der Waals surface area contributed by atoms with E-state index in [2.05, 4.69) is 10.1 Å². The average molecular weight is 308 g/mol. The molecule has 1 aromatic rings. The summed E-state index contributed by atoms with van der Waals surface area (Å²) in [6.07, 6.45) is -1.81. The van der Waals surface area contributed by atoms with Crippen molar-refractivity contribution in [2.45, 2.75) is 13.1 Å². The molecule has 0 aromatic heterocycles. The number of hydrogen-bond donors (Lipinski definition) is 1. The molecule has 1 rings (SSSR count). The molecule has 0 saturated carbocycles. The van der Waals surface area contributed by atoms with E-state index in [4.69, 9.17) is 11.6 Å². The van der Waals surface area contributed by atoms with Gasteiger partial charge in [0.25, 0.3) is 0 Å². The lowest BCUT2D eigenvalue weighted by Gasteiger charge is -2.10. The number of halogens is 4. The van der Waals surface area contributed by atoms with Gasteiger partial charge in [-0.3, -0.25) is 0 Å². The Balaban J connectivity index is 2.65. The molecule has 7 heteroatoms. The summed E-state index contributed by atoms with van der Waals surface area (Å²) in [5.41, 5.74) is -0.611. The first-order valence-electron chi connectivity index (χ1n) is 5.78. The lowest BCUT2D eigenvalue weighted by atomic mass is 10.2. The van der Waals surface area contributed by atoms with Crippen LogP contribution in [0.3, 0.4) is 0 Å². The number of ether oxygens (including phenoxy) is 1. The summed E-state index contributed by atoms with van der Waals surface area (Å²) in [6, 6.07) is 3.17. The summed E-state index contributed by atoms with van der Waals surface area (Å²) in [5.74, 6) is -0.503. The third kappa shape index (κ3) is 5.52. The monoisotopic (exact) mass is 307 g/mol. The van der Waals surface area contributed by atoms with Crippen molar-refractivity contribution in [1.29, 1.82) is 0 Å². The first-order valence-corrected chi connectivity index (χ1v) is 6.15. The highest BCUT2D eigenvalue weighted by Crippen LogP contribution is 2.33. The molecule has 0 atom stereocenters. The highest BCUT2D eigenvalue weighted by atomic mass is 35.5. The van der Waals surface area contributed by atoms with E-state index in [1.165, 1.54) is 18.2 Å². The lowest BCUT2D eigenvalue weighted by molar-refractivity contribution is -0.138. The van der Waals surface area contributed by atoms with E-state index in [1.54, 1.807) is 6.92 Å². The molecule has 0 fully saturated rings. The molecule has 0 saturated heterocycles. The van der Waals surface area contributed by atoms with Crippen LogP contribution in [0.25, 0.3) is 0 Å². The predicted octanol–water partition coefficient (Wildman–Crippen LogP) is 3.89. The molecule has 1 N–H and O–H groups in total. The standard InChI is InChI=1S/C13H13ClF3NO2/c1-2-20-12(19)4-3-5-18-11-7-9(13(15,16)17)6-10(14)8-11/h3-4,6-8,18H,2,5H2,1H3/b4-3+. The number of carbonyl (C=O) groups excluding carboxylic acids is 1. The predicted molar refractivity (Wildman–Crippen MR) is 70.7 cm³/mol. The number of rotatable bonds is 5. The zero-order chi connectivity index (χ0) is 15.2. The molecule has 0 spiro atoms. The van der Waals surface area contributed by atoms with Gasteiger partial charge in [-0.25, -0.2) is 4.79 Å². The minimum absolute atomic E-state index is 0.0169. The minimum atomic E-state index is -4.46. The van der Waals surface area contributed by atoms with E-state index in [0.717, 1.165) is 12.1 Å². The van der Waals surface area contributed by atoms with Gasteiger partial charge in [-0.1, -0.05) is 17.7 Å². The average Bonchev–Trinajstić information content (AvgIpc) is 2.33. The Morgan fingerprint density at radius 2 is 2.10 bits per heavy atom. The van der Waals surface area contributed by atoms with Crippen LogP contribution in [0.2, 0.25) is 5.02 Å². The Morgan fingerprint density at radius 3 is 2.70 bits per heavy atom. The second-order valence-electron chi connectivity index (χ2n) is 3.76. The number of carbonyl (C=O) groups is 1. The first-order chi connectivity index (χ1) is 9.32. The molecule has 0 bridgehead atoms. The van der Waals surface area contributed by atoms with E-state index < -0.39 is 17.7 Å². The Morgan fingerprint density at radius 1 is 1.40 bits per heavy atom. The van der Waals surface area contributed by atoms with Crippen LogP contribution in [-0.2, 0) is 15.7 Å². The second kappa shape index (κ2) is 7.19. The molecular formula is C13H13ClF3NO2. The minimum Gasteiger partial charge on any atom is -0.463 e. The Hall–Kier alpha value is -1.69. The molecule has 0 aliphatic carbocycles. The number of nitrogens with one attached hydrogen (secondary N) is 1. The van der Waals surface area contributed by atoms with Crippen molar-refractivity contribution in [2.24, 2.45) is 0 Å². The topological polar surface area (TPSA) is 38.3 Å². The SMILES string of the molecule is CCOC(=O)/C=C/CNc1cc(Cl)cc(C(F)(F)F)c1. The third-order valence-electron chi connectivity index (χ3n) is 2.19. The highest BCUT2D eigenvalue weighted by molar-refractivity contribution is 6.30. The molecule has 0 radical (unpaired) electrons. The summed E-state index contributed by atoms with van der Waals surface area (Å²) >= 11 is 5.63. The molecule has 0 amide bonds. The van der Waals surface area contributed by atoms with E-state index >= 15 is 0 Å². The Kier molecular flexibility index (Phi) is 5.88. The van der Waals surface area contributed by atoms with Gasteiger partial charge in [0.2, 0.25) is 0 Å². The van der Waals surface area contributed by atoms with Gasteiger partial charge in [0.1, 0.15) is 0 Å². The van der Waals surface area contributed by atoms with Gasteiger partial charge in [-0.05, 0) is 25.1 Å². The summed E-state index contributed by atoms with van der Waals surface area (Å²) in [7, 11) is 0. The molecule has 110 valence electrons. The fourth-order valence-corrected chi connectivity index (χ4v) is 1.61. The van der Waals surface area contributed by atoms with E-state index in [0.29, 0.717) is 0 Å². The fourth-order valence-electron chi connectivity index (χ4n) is 1.38. The van der Waals surface area contributed by atoms with E-state index in [9.17, 15) is 18.0 Å². The van der Waals surface area contributed by atoms with Crippen LogP contribution in [0.5, 0.6) is 0 Å². The number of esters is 1. The van der Waals surface area contributed by atoms with Gasteiger partial charge in [-0.15, -0.1) is 0 Å². The van der Waals surface area contributed by atoms with Gasteiger partial charge < -0.3 is 10.1 Å². The second-order valence-corrected chi connectivity index (χ2v) is 4.20. The van der Waals surface area contributed by atoms with Crippen molar-refractivity contribution in [1.82, 2.24) is 0 Å². The zero-order valence-corrected chi connectivity index (χ0v) is 11.4. The van der Waals surface area contributed by atoms with Gasteiger partial charge >= 0.3 is 12.1 Å². The van der Waals surface area contributed by atoms with Crippen LogP contribution in [0.1, 0.15) is 12.5 Å². The van der Waals surface area contributed by atoms with Crippen molar-refractivity contribution in [3.8, 4) is 0 Å². The van der Waals surface area contributed by atoms with Gasteiger partial charge in [0.15, 0.2) is 0 Å². The van der Waals surface area contributed by atoms with Crippen molar-refractivity contribution < 1.29 is 22.7 Å². The van der Waals surface area contributed by atoms with E-state index in [1.807, 2.05) is 0 Å². The van der Waals surface area contributed by atoms with Crippen LogP contribution in [0, 0.1) is 0 Å². The summed E-state index contributed by atoms with van der Waals surface area (Å²) in [4.78, 5) is 11.0. The number of alkyl halides is 3. The summed E-state index contributed by atoms with van der Waals surface area (Å²) in [5, 5.41) is 2.70. The maximum absolute atomic E-state index is 12.6. The molecule has 0 heterocycles. The van der Waals surface area contributed by atoms with Crippen LogP contribution >= 0.6 is 11.6 Å². The number of benzene rings is 1. The lowest BCUT2D eigenvalue weighted by Crippen LogP contribution is -2.07. The van der Waals surface area contributed by atoms with Crippen LogP contribution in [-0.4, -0.2) is 19.1 Å². The number of anilines is 1. The van der Waals surface area contributed by atoms with Gasteiger partial charge in [0.05, 0.1) is 12.2 Å². The normalized spacial score (nSPS) is 11.7. The summed E-state index contributed by atoms with van der Waals surface area (Å²) < 4.78 is 42.3. The molecule has 20 heavy (non-hydrogen) atoms. The molecule has 0 unspecified atom stereocenters. The van der Waals surface area contributed by atoms with Crippen LogP contribution in [0.15, 0.2) is 30.4 Å². The molecule has 1 aromatic carbocycles.